The zero-order valence-corrected chi connectivity index (χ0v) is 19.0. The number of halogens is 1. The number of para-hydroxylation sites is 2. The number of nitrogens with one attached hydrogen (secondary N) is 2. The van der Waals surface area contributed by atoms with Crippen LogP contribution in [0.3, 0.4) is 0 Å². The van der Waals surface area contributed by atoms with Gasteiger partial charge in [0.05, 0.1) is 23.7 Å². The van der Waals surface area contributed by atoms with E-state index in [1.54, 1.807) is 36.4 Å². The van der Waals surface area contributed by atoms with Crippen LogP contribution in [0.1, 0.15) is 29.5 Å². The van der Waals surface area contributed by atoms with E-state index in [-0.39, 0.29) is 16.9 Å². The first kappa shape index (κ1) is 20.9. The number of allylic oxidation sites excluding steroid dienone is 2. The lowest BCUT2D eigenvalue weighted by Crippen LogP contribution is -2.29. The van der Waals surface area contributed by atoms with Gasteiger partial charge in [-0.3, -0.25) is 4.72 Å². The minimum atomic E-state index is -3.78. The molecule has 5 nitrogen and oxygen atoms in total. The van der Waals surface area contributed by atoms with Crippen LogP contribution >= 0.6 is 11.6 Å². The molecular formula is C25H23ClN2O3S. The number of methoxy groups -OCH3 is 1. The molecule has 7 heteroatoms. The summed E-state index contributed by atoms with van der Waals surface area (Å²) >= 11 is 6.08. The Labute approximate surface area is 193 Å². The van der Waals surface area contributed by atoms with E-state index in [4.69, 9.17) is 16.3 Å². The number of ether oxygens (including phenoxy) is 1. The molecule has 1 heterocycles. The van der Waals surface area contributed by atoms with E-state index in [1.165, 1.54) is 12.7 Å². The van der Waals surface area contributed by atoms with Crippen LogP contribution in [0.4, 0.5) is 11.4 Å². The quantitative estimate of drug-likeness (QED) is 0.454. The number of anilines is 2. The van der Waals surface area contributed by atoms with E-state index in [1.807, 2.05) is 18.2 Å². The van der Waals surface area contributed by atoms with Gasteiger partial charge in [-0.25, -0.2) is 8.42 Å². The molecular weight excluding hydrogens is 444 g/mol. The van der Waals surface area contributed by atoms with Crippen LogP contribution in [-0.2, 0) is 10.0 Å². The first-order valence-corrected chi connectivity index (χ1v) is 12.3. The van der Waals surface area contributed by atoms with Crippen molar-refractivity contribution in [1.29, 1.82) is 0 Å². The number of hydrogen-bond donors (Lipinski definition) is 2. The lowest BCUT2D eigenvalue weighted by molar-refractivity contribution is 0.417. The highest BCUT2D eigenvalue weighted by Gasteiger charge is 2.38. The molecule has 0 aromatic heterocycles. The Hall–Kier alpha value is -2.96. The largest absolute Gasteiger partial charge is 0.495 e. The highest BCUT2D eigenvalue weighted by molar-refractivity contribution is 7.92. The molecule has 0 radical (unpaired) electrons. The summed E-state index contributed by atoms with van der Waals surface area (Å²) in [7, 11) is -2.26. The lowest BCUT2D eigenvalue weighted by Gasteiger charge is -2.37. The van der Waals surface area contributed by atoms with E-state index in [0.29, 0.717) is 22.4 Å². The fourth-order valence-corrected chi connectivity index (χ4v) is 5.90. The van der Waals surface area contributed by atoms with Crippen molar-refractivity contribution in [3.05, 3.63) is 95.0 Å². The van der Waals surface area contributed by atoms with Crippen molar-refractivity contribution in [2.24, 2.45) is 5.92 Å². The predicted molar refractivity (Wildman–Crippen MR) is 128 cm³/mol. The van der Waals surface area contributed by atoms with Gasteiger partial charge < -0.3 is 10.1 Å². The first-order valence-electron chi connectivity index (χ1n) is 10.4. The normalized spacial score (nSPS) is 21.4. The molecule has 1 aliphatic heterocycles. The molecule has 5 rings (SSSR count). The average molecular weight is 467 g/mol. The van der Waals surface area contributed by atoms with E-state index < -0.39 is 10.0 Å². The number of benzene rings is 3. The van der Waals surface area contributed by atoms with Gasteiger partial charge in [0.15, 0.2) is 0 Å². The summed E-state index contributed by atoms with van der Waals surface area (Å²) < 4.78 is 34.2. The second kappa shape index (κ2) is 8.19. The molecule has 3 atom stereocenters. The molecule has 0 fully saturated rings. The van der Waals surface area contributed by atoms with Gasteiger partial charge in [-0.2, -0.15) is 0 Å². The van der Waals surface area contributed by atoms with Crippen molar-refractivity contribution >= 4 is 33.0 Å². The molecule has 0 bridgehead atoms. The summed E-state index contributed by atoms with van der Waals surface area (Å²) in [6.45, 7) is 0. The molecule has 3 aromatic carbocycles. The van der Waals surface area contributed by atoms with Gasteiger partial charge in [-0.05, 0) is 65.9 Å². The molecule has 0 amide bonds. The van der Waals surface area contributed by atoms with E-state index in [0.717, 1.165) is 17.7 Å². The minimum absolute atomic E-state index is 0.133. The van der Waals surface area contributed by atoms with E-state index >= 15 is 0 Å². The smallest absolute Gasteiger partial charge is 0.262 e. The van der Waals surface area contributed by atoms with Crippen LogP contribution in [-0.4, -0.2) is 15.5 Å². The van der Waals surface area contributed by atoms with Gasteiger partial charge in [-0.1, -0.05) is 48.0 Å². The molecule has 1 aliphatic carbocycles. The number of sulfonamides is 1. The van der Waals surface area contributed by atoms with Crippen molar-refractivity contribution in [3.8, 4) is 5.75 Å². The van der Waals surface area contributed by atoms with Gasteiger partial charge >= 0.3 is 0 Å². The summed E-state index contributed by atoms with van der Waals surface area (Å²) in [6, 6.07) is 20.3. The van der Waals surface area contributed by atoms with Crippen molar-refractivity contribution in [3.63, 3.8) is 0 Å². The fourth-order valence-electron chi connectivity index (χ4n) is 4.67. The third-order valence-corrected chi connectivity index (χ3v) is 7.84. The highest BCUT2D eigenvalue weighted by Crippen LogP contribution is 2.50. The topological polar surface area (TPSA) is 67.4 Å². The minimum Gasteiger partial charge on any atom is -0.495 e. The Balaban J connectivity index is 1.49. The van der Waals surface area contributed by atoms with Crippen molar-refractivity contribution in [2.75, 3.05) is 17.1 Å². The monoisotopic (exact) mass is 466 g/mol. The van der Waals surface area contributed by atoms with Crippen molar-refractivity contribution in [2.45, 2.75) is 23.3 Å². The van der Waals surface area contributed by atoms with Gasteiger partial charge in [0.25, 0.3) is 10.0 Å². The van der Waals surface area contributed by atoms with Crippen LogP contribution in [0.25, 0.3) is 0 Å². The molecule has 0 spiro atoms. The molecule has 3 aromatic rings. The maximum absolute atomic E-state index is 13.1. The summed E-state index contributed by atoms with van der Waals surface area (Å²) in [4.78, 5) is 0.230. The average Bonchev–Trinajstić information content (AvgIpc) is 3.29. The van der Waals surface area contributed by atoms with E-state index in [9.17, 15) is 8.42 Å². The Morgan fingerprint density at radius 1 is 1.06 bits per heavy atom. The first-order chi connectivity index (χ1) is 15.5. The second-order valence-electron chi connectivity index (χ2n) is 8.08. The summed E-state index contributed by atoms with van der Waals surface area (Å²) in [6.07, 6.45) is 5.31. The maximum Gasteiger partial charge on any atom is 0.262 e. The standard InChI is InChI=1S/C25H23ClN2O3S/c1-31-24-8-3-2-7-23(24)28-32(29,30)18-13-14-22-21(15-18)19-5-4-6-20(19)25(27-22)16-9-11-17(26)12-10-16/h2-5,7-15,19-20,25,27-28H,6H2,1H3/t19-,20+,25+/m0/s1. The predicted octanol–water partition coefficient (Wildman–Crippen LogP) is 5.98. The highest BCUT2D eigenvalue weighted by atomic mass is 35.5. The number of rotatable bonds is 5. The van der Waals surface area contributed by atoms with Crippen LogP contribution in [0.15, 0.2) is 83.8 Å². The van der Waals surface area contributed by atoms with Crippen LogP contribution in [0.2, 0.25) is 5.02 Å². The van der Waals surface area contributed by atoms with Gasteiger partial charge in [0.1, 0.15) is 5.75 Å². The molecule has 0 saturated heterocycles. The Kier molecular flexibility index (Phi) is 5.35. The lowest BCUT2D eigenvalue weighted by atomic mass is 9.77. The summed E-state index contributed by atoms with van der Waals surface area (Å²) in [5.74, 6) is 0.928. The molecule has 2 N–H and O–H groups in total. The third kappa shape index (κ3) is 3.74. The van der Waals surface area contributed by atoms with E-state index in [2.05, 4.69) is 34.3 Å². The third-order valence-electron chi connectivity index (χ3n) is 6.22. The van der Waals surface area contributed by atoms with Gasteiger partial charge in [0, 0.05) is 16.6 Å². The van der Waals surface area contributed by atoms with Gasteiger partial charge in [-0.15, -0.1) is 0 Å². The van der Waals surface area contributed by atoms with Gasteiger partial charge in [0.2, 0.25) is 0 Å². The van der Waals surface area contributed by atoms with Crippen molar-refractivity contribution < 1.29 is 13.2 Å². The van der Waals surface area contributed by atoms with Crippen molar-refractivity contribution in [1.82, 2.24) is 0 Å². The molecule has 0 unspecified atom stereocenters. The van der Waals surface area contributed by atoms with Crippen LogP contribution < -0.4 is 14.8 Å². The second-order valence-corrected chi connectivity index (χ2v) is 10.2. The summed E-state index contributed by atoms with van der Waals surface area (Å²) in [5.41, 5.74) is 3.53. The fraction of sp³-hybridized carbons (Fsp3) is 0.200. The molecule has 32 heavy (non-hydrogen) atoms. The summed E-state index contributed by atoms with van der Waals surface area (Å²) in [5, 5.41) is 4.34. The Bertz CT molecular complexity index is 1290. The molecule has 164 valence electrons. The zero-order valence-electron chi connectivity index (χ0n) is 17.5. The van der Waals surface area contributed by atoms with Crippen LogP contribution in [0, 0.1) is 5.92 Å². The maximum atomic E-state index is 13.1. The number of hydrogen-bond acceptors (Lipinski definition) is 4. The number of fused-ring (bicyclic) bond motifs is 3. The molecule has 2 aliphatic rings. The Morgan fingerprint density at radius 2 is 1.84 bits per heavy atom. The molecule has 0 saturated carbocycles. The van der Waals surface area contributed by atoms with Crippen LogP contribution in [0.5, 0.6) is 5.75 Å². The Morgan fingerprint density at radius 3 is 2.62 bits per heavy atom. The zero-order chi connectivity index (χ0) is 22.3. The SMILES string of the molecule is COc1ccccc1NS(=O)(=O)c1ccc2c(c1)[C@H]1C=CC[C@H]1[C@@H](c1ccc(Cl)cc1)N2.